The fraction of sp³-hybridized carbons (Fsp3) is 0.522. The Morgan fingerprint density at radius 3 is 2.69 bits per heavy atom. The first kappa shape index (κ1) is 20.8. The molecule has 0 radical (unpaired) electrons. The highest BCUT2D eigenvalue weighted by Crippen LogP contribution is 2.34. The molecule has 1 saturated heterocycles. The number of amides is 2. The van der Waals surface area contributed by atoms with Gasteiger partial charge in [-0.1, -0.05) is 36.2 Å². The summed E-state index contributed by atoms with van der Waals surface area (Å²) in [6.45, 7) is 3.70. The van der Waals surface area contributed by atoms with E-state index in [0.29, 0.717) is 43.4 Å². The number of hydrogen-bond donors (Lipinski definition) is 1. The van der Waals surface area contributed by atoms with Crippen molar-refractivity contribution in [3.63, 3.8) is 0 Å². The summed E-state index contributed by atoms with van der Waals surface area (Å²) in [6, 6.07) is 8.29. The van der Waals surface area contributed by atoms with E-state index in [9.17, 15) is 9.59 Å². The van der Waals surface area contributed by atoms with Crippen LogP contribution in [0.15, 0.2) is 33.9 Å². The van der Waals surface area contributed by atoms with E-state index in [2.05, 4.69) is 37.7 Å². The normalized spacial score (nSPS) is 20.3. The van der Waals surface area contributed by atoms with Gasteiger partial charge in [-0.3, -0.25) is 14.5 Å². The summed E-state index contributed by atoms with van der Waals surface area (Å²) < 4.78 is 5.54. The molecule has 2 amide bonds. The lowest BCUT2D eigenvalue weighted by Gasteiger charge is -2.35. The van der Waals surface area contributed by atoms with Gasteiger partial charge in [0, 0.05) is 57.0 Å². The van der Waals surface area contributed by atoms with E-state index in [4.69, 9.17) is 4.52 Å². The van der Waals surface area contributed by atoms with E-state index in [-0.39, 0.29) is 11.8 Å². The summed E-state index contributed by atoms with van der Waals surface area (Å²) in [6.07, 6.45) is 5.48. The number of rotatable bonds is 5. The number of carbonyl (C=O) groups excluding carboxylic acids is 2. The first-order valence-electron chi connectivity index (χ1n) is 11.5. The zero-order valence-electron chi connectivity index (χ0n) is 18.1. The number of aromatic nitrogens is 2. The summed E-state index contributed by atoms with van der Waals surface area (Å²) in [5.74, 6) is 1.63. The molecule has 1 aromatic carbocycles. The minimum Gasteiger partial charge on any atom is -0.339 e. The summed E-state index contributed by atoms with van der Waals surface area (Å²) in [5, 5.41) is 8.15. The lowest BCUT2D eigenvalue weighted by molar-refractivity contribution is -0.126. The van der Waals surface area contributed by atoms with Crippen LogP contribution >= 0.6 is 0 Å². The van der Waals surface area contributed by atoms with Crippen molar-refractivity contribution in [1.29, 1.82) is 0 Å². The third-order valence-electron chi connectivity index (χ3n) is 6.55. The average molecular weight is 437 g/mol. The molecule has 0 atom stereocenters. The Labute approximate surface area is 186 Å². The highest BCUT2D eigenvalue weighted by Gasteiger charge is 2.27. The van der Waals surface area contributed by atoms with Crippen LogP contribution in [0.1, 0.15) is 55.9 Å². The monoisotopic (exact) mass is 436 g/mol. The molecule has 168 valence electrons. The molecule has 2 aliphatic heterocycles. The summed E-state index contributed by atoms with van der Waals surface area (Å²) >= 11 is 0. The SMILES string of the molecule is O=C1CCC(C(=O)N2CCN(Cc3cccc(-c4noc(C5CCCC5)n4)c3)CC2)=NN1. The van der Waals surface area contributed by atoms with Gasteiger partial charge >= 0.3 is 0 Å². The molecule has 3 aliphatic rings. The van der Waals surface area contributed by atoms with Crippen LogP contribution in [0, 0.1) is 0 Å². The van der Waals surface area contributed by atoms with Crippen molar-refractivity contribution in [3.8, 4) is 11.4 Å². The van der Waals surface area contributed by atoms with E-state index in [0.717, 1.165) is 43.9 Å². The lowest BCUT2D eigenvalue weighted by atomic mass is 10.1. The van der Waals surface area contributed by atoms with Crippen molar-refractivity contribution >= 4 is 17.5 Å². The Bertz CT molecular complexity index is 1020. The third-order valence-corrected chi connectivity index (χ3v) is 6.55. The second kappa shape index (κ2) is 9.20. The van der Waals surface area contributed by atoms with Crippen LogP contribution in [0.5, 0.6) is 0 Å². The van der Waals surface area contributed by atoms with Crippen LogP contribution in [0.3, 0.4) is 0 Å². The van der Waals surface area contributed by atoms with Crippen LogP contribution < -0.4 is 5.43 Å². The highest BCUT2D eigenvalue weighted by atomic mass is 16.5. The molecular formula is C23H28N6O3. The van der Waals surface area contributed by atoms with Crippen molar-refractivity contribution in [3.05, 3.63) is 35.7 Å². The number of hydrazone groups is 1. The van der Waals surface area contributed by atoms with Gasteiger partial charge in [-0.2, -0.15) is 10.1 Å². The molecule has 0 spiro atoms. The Morgan fingerprint density at radius 2 is 1.94 bits per heavy atom. The molecule has 0 bridgehead atoms. The van der Waals surface area contributed by atoms with Gasteiger partial charge in [-0.15, -0.1) is 0 Å². The van der Waals surface area contributed by atoms with E-state index < -0.39 is 0 Å². The number of hydrogen-bond acceptors (Lipinski definition) is 7. The predicted octanol–water partition coefficient (Wildman–Crippen LogP) is 2.30. The van der Waals surface area contributed by atoms with Gasteiger partial charge in [0.2, 0.25) is 17.6 Å². The Hall–Kier alpha value is -3.07. The maximum atomic E-state index is 12.6. The van der Waals surface area contributed by atoms with Crippen LogP contribution in [-0.4, -0.2) is 63.6 Å². The first-order chi connectivity index (χ1) is 15.7. The van der Waals surface area contributed by atoms with Crippen molar-refractivity contribution < 1.29 is 14.1 Å². The fourth-order valence-electron chi connectivity index (χ4n) is 4.68. The molecule has 3 heterocycles. The quantitative estimate of drug-likeness (QED) is 0.771. The Morgan fingerprint density at radius 1 is 1.12 bits per heavy atom. The van der Waals surface area contributed by atoms with Crippen LogP contribution in [0.4, 0.5) is 0 Å². The smallest absolute Gasteiger partial charge is 0.270 e. The fourth-order valence-corrected chi connectivity index (χ4v) is 4.68. The Balaban J connectivity index is 1.17. The molecule has 1 saturated carbocycles. The zero-order valence-corrected chi connectivity index (χ0v) is 18.1. The van der Waals surface area contributed by atoms with Gasteiger partial charge in [0.15, 0.2) is 0 Å². The molecule has 0 unspecified atom stereocenters. The molecule has 1 aromatic heterocycles. The van der Waals surface area contributed by atoms with Crippen molar-refractivity contribution in [1.82, 2.24) is 25.4 Å². The zero-order chi connectivity index (χ0) is 21.9. The molecular weight excluding hydrogens is 408 g/mol. The largest absolute Gasteiger partial charge is 0.339 e. The average Bonchev–Trinajstić information content (AvgIpc) is 3.52. The molecule has 9 nitrogen and oxygen atoms in total. The van der Waals surface area contributed by atoms with Gasteiger partial charge in [-0.05, 0) is 24.5 Å². The number of nitrogens with zero attached hydrogens (tertiary/aromatic N) is 5. The Kier molecular flexibility index (Phi) is 5.98. The van der Waals surface area contributed by atoms with Crippen molar-refractivity contribution in [2.45, 2.75) is 51.0 Å². The highest BCUT2D eigenvalue weighted by molar-refractivity contribution is 6.39. The van der Waals surface area contributed by atoms with Crippen molar-refractivity contribution in [2.75, 3.05) is 26.2 Å². The second-order valence-corrected chi connectivity index (χ2v) is 8.80. The van der Waals surface area contributed by atoms with Gasteiger partial charge in [-0.25, -0.2) is 5.43 Å². The minimum absolute atomic E-state index is 0.0678. The van der Waals surface area contributed by atoms with Gasteiger partial charge < -0.3 is 9.42 Å². The molecule has 32 heavy (non-hydrogen) atoms. The van der Waals surface area contributed by atoms with Gasteiger partial charge in [0.1, 0.15) is 5.71 Å². The number of benzene rings is 1. The maximum Gasteiger partial charge on any atom is 0.270 e. The number of carbonyl (C=O) groups is 2. The first-order valence-corrected chi connectivity index (χ1v) is 11.5. The summed E-state index contributed by atoms with van der Waals surface area (Å²) in [4.78, 5) is 32.7. The topological polar surface area (TPSA) is 104 Å². The third kappa shape index (κ3) is 4.57. The summed E-state index contributed by atoms with van der Waals surface area (Å²) in [7, 11) is 0. The number of nitrogens with one attached hydrogen (secondary N) is 1. The minimum atomic E-state index is -0.135. The molecule has 2 fully saturated rings. The standard InChI is InChI=1S/C23H28N6O3/c30-20-9-8-19(25-26-20)23(31)29-12-10-28(11-13-29)15-16-4-3-7-18(14-16)21-24-22(32-27-21)17-5-1-2-6-17/h3-4,7,14,17H,1-2,5-6,8-13,15H2,(H,26,30). The van der Waals surface area contributed by atoms with E-state index in [1.807, 2.05) is 17.0 Å². The van der Waals surface area contributed by atoms with Crippen LogP contribution in [0.2, 0.25) is 0 Å². The number of piperazine rings is 1. The second-order valence-electron chi connectivity index (χ2n) is 8.80. The lowest BCUT2D eigenvalue weighted by Crippen LogP contribution is -2.51. The molecule has 1 N–H and O–H groups in total. The van der Waals surface area contributed by atoms with Crippen molar-refractivity contribution in [2.24, 2.45) is 5.10 Å². The van der Waals surface area contributed by atoms with E-state index in [1.54, 1.807) is 0 Å². The van der Waals surface area contributed by atoms with Gasteiger partial charge in [0.05, 0.1) is 0 Å². The predicted molar refractivity (Wildman–Crippen MR) is 118 cm³/mol. The van der Waals surface area contributed by atoms with Crippen LogP contribution in [-0.2, 0) is 16.1 Å². The molecule has 5 rings (SSSR count). The van der Waals surface area contributed by atoms with E-state index >= 15 is 0 Å². The summed E-state index contributed by atoms with van der Waals surface area (Å²) in [5.41, 5.74) is 5.01. The maximum absolute atomic E-state index is 12.6. The van der Waals surface area contributed by atoms with Gasteiger partial charge in [0.25, 0.3) is 5.91 Å². The molecule has 1 aliphatic carbocycles. The van der Waals surface area contributed by atoms with Crippen LogP contribution in [0.25, 0.3) is 11.4 Å². The molecule has 2 aromatic rings. The van der Waals surface area contributed by atoms with E-state index in [1.165, 1.54) is 18.4 Å². The molecule has 9 heteroatoms.